The molecule has 0 spiro atoms. The van der Waals surface area contributed by atoms with Crippen LogP contribution in [0.3, 0.4) is 0 Å². The van der Waals surface area contributed by atoms with Crippen LogP contribution in [0.2, 0.25) is 0 Å². The van der Waals surface area contributed by atoms with Crippen LogP contribution in [0.15, 0.2) is 102 Å². The lowest BCUT2D eigenvalue weighted by atomic mass is 9.47. The van der Waals surface area contributed by atoms with Crippen LogP contribution in [0.25, 0.3) is 0 Å². The quantitative estimate of drug-likeness (QED) is 0.128. The molecule has 3 aromatic carbocycles. The number of epoxide rings is 1. The third kappa shape index (κ3) is 6.82. The first-order valence-electron chi connectivity index (χ1n) is 20.5. The minimum atomic E-state index is -1.91. The first-order chi connectivity index (χ1) is 28.0. The van der Waals surface area contributed by atoms with Gasteiger partial charge in [-0.2, -0.15) is 0 Å². The van der Waals surface area contributed by atoms with E-state index in [0.717, 1.165) is 0 Å². The molecule has 3 aromatic rings. The molecule has 0 unspecified atom stereocenters. The lowest BCUT2D eigenvalue weighted by molar-refractivity contribution is -0.234. The Bertz CT molecular complexity index is 2110. The van der Waals surface area contributed by atoms with Crippen LogP contribution in [0, 0.1) is 16.7 Å². The zero-order valence-corrected chi connectivity index (χ0v) is 34.7. The number of nitrogens with one attached hydrogen (secondary N) is 1. The van der Waals surface area contributed by atoms with Gasteiger partial charge in [0.05, 0.1) is 30.4 Å². The van der Waals surface area contributed by atoms with Crippen molar-refractivity contribution in [2.75, 3.05) is 13.7 Å². The lowest BCUT2D eigenvalue weighted by Gasteiger charge is -2.62. The number of carbonyl (C=O) groups is 3. The second-order valence-electron chi connectivity index (χ2n) is 18.1. The van der Waals surface area contributed by atoms with E-state index in [1.54, 1.807) is 98.1 Å². The Morgan fingerprint density at radius 1 is 0.847 bits per heavy atom. The molecule has 314 valence electrons. The maximum absolute atomic E-state index is 14.4. The summed E-state index contributed by atoms with van der Waals surface area (Å²) in [5.74, 6) is -3.86. The zero-order valence-electron chi connectivity index (χ0n) is 34.7. The van der Waals surface area contributed by atoms with Crippen LogP contribution < -0.4 is 5.32 Å². The molecule has 3 aliphatic carbocycles. The van der Waals surface area contributed by atoms with Crippen LogP contribution >= 0.6 is 0 Å². The number of methoxy groups -OCH3 is 1. The number of aliphatic hydroxyl groups is 2. The molecule has 2 saturated heterocycles. The van der Waals surface area contributed by atoms with Crippen molar-refractivity contribution in [1.29, 1.82) is 0 Å². The molecule has 0 radical (unpaired) electrons. The van der Waals surface area contributed by atoms with E-state index in [0.29, 0.717) is 40.7 Å². The van der Waals surface area contributed by atoms with Gasteiger partial charge in [-0.15, -0.1) is 0 Å². The molecule has 2 aliphatic heterocycles. The molecular weight excluding hydrogens is 755 g/mol. The highest BCUT2D eigenvalue weighted by atomic mass is 16.8. The molecule has 2 saturated carbocycles. The maximum Gasteiger partial charge on any atom is 0.338 e. The van der Waals surface area contributed by atoms with Gasteiger partial charge in [0.2, 0.25) is 0 Å². The second kappa shape index (κ2) is 14.9. The van der Waals surface area contributed by atoms with E-state index in [1.165, 1.54) is 0 Å². The molecule has 1 amide bonds. The van der Waals surface area contributed by atoms with Gasteiger partial charge in [0.15, 0.2) is 11.9 Å². The van der Waals surface area contributed by atoms with E-state index in [2.05, 4.69) is 12.2 Å². The van der Waals surface area contributed by atoms with Gasteiger partial charge >= 0.3 is 11.9 Å². The highest BCUT2D eigenvalue weighted by molar-refractivity contribution is 5.95. The molecule has 0 aromatic heterocycles. The SMILES string of the molecule is COC[C@]12O[C@H]1CC[C@@]1(C)[C@H]3OC(C)(C)O[C@@H]3C3=C(C)[C@@H](OC(=O)[C@H](O)[C@@H](NC(=O)c4ccccc4)c4ccccc4)C[C@@](O)([C@@H](OC(=O)c4ccccc4)[C@@H]12)C3(C)C. The van der Waals surface area contributed by atoms with Crippen molar-refractivity contribution < 1.29 is 53.0 Å². The van der Waals surface area contributed by atoms with E-state index >= 15 is 0 Å². The topological polar surface area (TPSA) is 162 Å². The summed E-state index contributed by atoms with van der Waals surface area (Å²) >= 11 is 0. The van der Waals surface area contributed by atoms with E-state index in [9.17, 15) is 24.6 Å². The molecule has 4 fully saturated rings. The maximum atomic E-state index is 14.4. The van der Waals surface area contributed by atoms with E-state index < -0.39 is 88.1 Å². The molecular formula is C47H55NO11. The number of rotatable bonds is 10. The highest BCUT2D eigenvalue weighted by Crippen LogP contribution is 2.69. The molecule has 12 nitrogen and oxygen atoms in total. The Labute approximate surface area is 345 Å². The Morgan fingerprint density at radius 3 is 2.08 bits per heavy atom. The van der Waals surface area contributed by atoms with Crippen LogP contribution in [-0.2, 0) is 33.2 Å². The van der Waals surface area contributed by atoms with Gasteiger partial charge in [-0.05, 0) is 74.6 Å². The van der Waals surface area contributed by atoms with Gasteiger partial charge in [-0.3, -0.25) is 4.79 Å². The number of amides is 1. The third-order valence-electron chi connectivity index (χ3n) is 13.9. The molecule has 59 heavy (non-hydrogen) atoms. The van der Waals surface area contributed by atoms with Crippen molar-refractivity contribution in [3.63, 3.8) is 0 Å². The average molecular weight is 810 g/mol. The monoisotopic (exact) mass is 809 g/mol. The number of esters is 2. The summed E-state index contributed by atoms with van der Waals surface area (Å²) in [7, 11) is 1.60. The van der Waals surface area contributed by atoms with Crippen molar-refractivity contribution in [3.05, 3.63) is 119 Å². The highest BCUT2D eigenvalue weighted by Gasteiger charge is 2.79. The Balaban J connectivity index is 1.24. The molecule has 2 heterocycles. The first-order valence-corrected chi connectivity index (χ1v) is 20.5. The molecule has 5 aliphatic rings. The number of carbonyl (C=O) groups excluding carboxylic acids is 3. The summed E-state index contributed by atoms with van der Waals surface area (Å²) in [4.78, 5) is 42.1. The predicted octanol–water partition coefficient (Wildman–Crippen LogP) is 5.87. The number of benzene rings is 3. The van der Waals surface area contributed by atoms with Crippen LogP contribution in [-0.4, -0.2) is 95.4 Å². The van der Waals surface area contributed by atoms with Gasteiger partial charge in [0.25, 0.3) is 5.91 Å². The molecule has 3 N–H and O–H groups in total. The lowest BCUT2D eigenvalue weighted by Crippen LogP contribution is -2.72. The Kier molecular flexibility index (Phi) is 10.5. The fraction of sp³-hybridized carbons (Fsp3) is 0.511. The van der Waals surface area contributed by atoms with Crippen LogP contribution in [0.1, 0.15) is 93.1 Å². The predicted molar refractivity (Wildman–Crippen MR) is 215 cm³/mol. The minimum absolute atomic E-state index is 0.178. The van der Waals surface area contributed by atoms with E-state index in [-0.39, 0.29) is 19.1 Å². The van der Waals surface area contributed by atoms with Gasteiger partial charge in [0.1, 0.15) is 29.5 Å². The summed E-state index contributed by atoms with van der Waals surface area (Å²) in [5.41, 5.74) is -2.37. The largest absolute Gasteiger partial charge is 0.456 e. The van der Waals surface area contributed by atoms with Gasteiger partial charge in [-0.25, -0.2) is 9.59 Å². The number of hydrogen-bond acceptors (Lipinski definition) is 11. The smallest absolute Gasteiger partial charge is 0.338 e. The third-order valence-corrected chi connectivity index (χ3v) is 13.9. The first kappa shape index (κ1) is 41.3. The fourth-order valence-corrected chi connectivity index (χ4v) is 10.9. The summed E-state index contributed by atoms with van der Waals surface area (Å²) in [6.45, 7) is 11.6. The number of ether oxygens (including phenoxy) is 6. The number of hydrogen-bond donors (Lipinski definition) is 3. The Morgan fingerprint density at radius 2 is 1.46 bits per heavy atom. The van der Waals surface area contributed by atoms with Crippen molar-refractivity contribution >= 4 is 17.8 Å². The Hall–Kier alpha value is -4.43. The summed E-state index contributed by atoms with van der Waals surface area (Å²) in [6.07, 6.45) is -4.63. The molecule has 11 atom stereocenters. The van der Waals surface area contributed by atoms with Gasteiger partial charge < -0.3 is 44.0 Å². The minimum Gasteiger partial charge on any atom is -0.456 e. The van der Waals surface area contributed by atoms with Gasteiger partial charge in [0, 0.05) is 35.8 Å². The summed E-state index contributed by atoms with van der Waals surface area (Å²) < 4.78 is 39.2. The average Bonchev–Trinajstić information content (AvgIpc) is 3.84. The zero-order chi connectivity index (χ0) is 42.1. The molecule has 12 heteroatoms. The normalized spacial score (nSPS) is 34.7. The van der Waals surface area contributed by atoms with Crippen LogP contribution in [0.4, 0.5) is 0 Å². The van der Waals surface area contributed by atoms with Crippen molar-refractivity contribution in [1.82, 2.24) is 5.32 Å². The summed E-state index contributed by atoms with van der Waals surface area (Å²) in [5, 5.41) is 28.4. The number of aliphatic hydroxyl groups excluding tert-OH is 1. The van der Waals surface area contributed by atoms with E-state index in [1.807, 2.05) is 34.6 Å². The van der Waals surface area contributed by atoms with Crippen molar-refractivity contribution in [3.8, 4) is 0 Å². The van der Waals surface area contributed by atoms with Crippen LogP contribution in [0.5, 0.6) is 0 Å². The fourth-order valence-electron chi connectivity index (χ4n) is 10.9. The standard InChI is InChI=1S/C47H55NO11/c1-27-31(55-42(52)35(49)34(28-17-11-8-12-18-28)48-40(50)29-19-13-9-14-20-29)25-47(53)39(56-41(51)30-21-15-10-16-22-30)37-45(6,24-23-32-46(37,57-32)26-54-7)38-36(33(27)43(47,2)3)58-44(4,5)59-38/h8-22,31-32,34-39,49,53H,23-26H2,1-7H3,(H,48,50)/t31-,32-,34-,35+,36+,37-,38-,39-,45+,46-,47+/m0/s1. The summed E-state index contributed by atoms with van der Waals surface area (Å²) in [6, 6.07) is 24.7. The molecule has 8 rings (SSSR count). The second-order valence-corrected chi connectivity index (χ2v) is 18.1. The van der Waals surface area contributed by atoms with Crippen molar-refractivity contribution in [2.45, 2.75) is 120 Å². The van der Waals surface area contributed by atoms with Gasteiger partial charge in [-0.1, -0.05) is 87.5 Å². The number of fused-ring (bicyclic) bond motifs is 8. The molecule has 2 bridgehead atoms. The van der Waals surface area contributed by atoms with Crippen molar-refractivity contribution in [2.24, 2.45) is 16.7 Å². The van der Waals surface area contributed by atoms with E-state index in [4.69, 9.17) is 28.4 Å².